The largest absolute Gasteiger partial charge is 0.497 e. The van der Waals surface area contributed by atoms with Crippen molar-refractivity contribution in [3.63, 3.8) is 0 Å². The van der Waals surface area contributed by atoms with Crippen molar-refractivity contribution in [3.8, 4) is 5.75 Å². The van der Waals surface area contributed by atoms with Crippen LogP contribution in [0, 0.1) is 5.82 Å². The molecule has 1 atom stereocenters. The highest BCUT2D eigenvalue weighted by Crippen LogP contribution is 2.27. The van der Waals surface area contributed by atoms with Crippen LogP contribution in [0.25, 0.3) is 0 Å². The van der Waals surface area contributed by atoms with Gasteiger partial charge in [0.25, 0.3) is 0 Å². The van der Waals surface area contributed by atoms with E-state index in [9.17, 15) is 4.39 Å². The van der Waals surface area contributed by atoms with Gasteiger partial charge < -0.3 is 10.5 Å². The number of hydrogen-bond donors (Lipinski definition) is 1. The van der Waals surface area contributed by atoms with Gasteiger partial charge in [-0.1, -0.05) is 28.1 Å². The van der Waals surface area contributed by atoms with E-state index in [-0.39, 0.29) is 5.82 Å². The Balaban J connectivity index is 2.40. The number of nitrogens with two attached hydrogens (primary N) is 1. The Bertz CT molecular complexity index is 559. The fourth-order valence-electron chi connectivity index (χ4n) is 1.77. The van der Waals surface area contributed by atoms with Gasteiger partial charge in [0.2, 0.25) is 0 Å². The van der Waals surface area contributed by atoms with Crippen molar-refractivity contribution in [2.45, 2.75) is 6.04 Å². The molecule has 2 rings (SSSR count). The van der Waals surface area contributed by atoms with Crippen LogP contribution in [0.1, 0.15) is 17.2 Å². The Kier molecular flexibility index (Phi) is 3.99. The normalized spacial score (nSPS) is 12.2. The first-order chi connectivity index (χ1) is 8.61. The van der Waals surface area contributed by atoms with Crippen LogP contribution in [0.5, 0.6) is 5.75 Å². The van der Waals surface area contributed by atoms with Gasteiger partial charge in [-0.2, -0.15) is 0 Å². The van der Waals surface area contributed by atoms with E-state index < -0.39 is 6.04 Å². The number of rotatable bonds is 3. The van der Waals surface area contributed by atoms with Crippen LogP contribution in [0.4, 0.5) is 4.39 Å². The molecule has 0 bridgehead atoms. The molecule has 0 aliphatic heterocycles. The summed E-state index contributed by atoms with van der Waals surface area (Å²) in [6.07, 6.45) is 0. The lowest BCUT2D eigenvalue weighted by atomic mass is 9.99. The van der Waals surface area contributed by atoms with E-state index in [1.54, 1.807) is 19.2 Å². The zero-order valence-electron chi connectivity index (χ0n) is 9.86. The highest BCUT2D eigenvalue weighted by Gasteiger charge is 2.14. The van der Waals surface area contributed by atoms with E-state index in [1.165, 1.54) is 6.07 Å². The standard InChI is InChI=1S/C14H13BrFNO/c1-18-11-4-2-3-9(7-11)14(17)12-8-10(15)5-6-13(12)16/h2-8,14H,17H2,1H3. The van der Waals surface area contributed by atoms with Gasteiger partial charge in [-0.25, -0.2) is 4.39 Å². The second-order valence-corrected chi connectivity index (χ2v) is 4.84. The van der Waals surface area contributed by atoms with E-state index in [2.05, 4.69) is 15.9 Å². The van der Waals surface area contributed by atoms with Crippen LogP contribution in [-0.2, 0) is 0 Å². The van der Waals surface area contributed by atoms with Crippen LogP contribution in [0.2, 0.25) is 0 Å². The van der Waals surface area contributed by atoms with Gasteiger partial charge in [-0.3, -0.25) is 0 Å². The minimum Gasteiger partial charge on any atom is -0.497 e. The smallest absolute Gasteiger partial charge is 0.128 e. The first-order valence-corrected chi connectivity index (χ1v) is 6.25. The third kappa shape index (κ3) is 2.71. The van der Waals surface area contributed by atoms with Crippen LogP contribution in [0.3, 0.4) is 0 Å². The molecular formula is C14H13BrFNO. The molecule has 0 saturated carbocycles. The number of hydrogen-bond acceptors (Lipinski definition) is 2. The maximum atomic E-state index is 13.8. The molecule has 2 N–H and O–H groups in total. The molecule has 4 heteroatoms. The molecule has 0 aromatic heterocycles. The predicted octanol–water partition coefficient (Wildman–Crippen LogP) is 3.64. The molecule has 18 heavy (non-hydrogen) atoms. The fraction of sp³-hybridized carbons (Fsp3) is 0.143. The number of methoxy groups -OCH3 is 1. The van der Waals surface area contributed by atoms with Gasteiger partial charge in [0.15, 0.2) is 0 Å². The van der Waals surface area contributed by atoms with E-state index >= 15 is 0 Å². The fourth-order valence-corrected chi connectivity index (χ4v) is 2.15. The molecule has 1 unspecified atom stereocenters. The number of ether oxygens (including phenoxy) is 1. The average molecular weight is 310 g/mol. The van der Waals surface area contributed by atoms with Crippen LogP contribution < -0.4 is 10.5 Å². The first kappa shape index (κ1) is 13.1. The van der Waals surface area contributed by atoms with Crippen molar-refractivity contribution in [3.05, 3.63) is 63.9 Å². The highest BCUT2D eigenvalue weighted by atomic mass is 79.9. The Morgan fingerprint density at radius 3 is 2.72 bits per heavy atom. The molecular weight excluding hydrogens is 297 g/mol. The first-order valence-electron chi connectivity index (χ1n) is 5.46. The lowest BCUT2D eigenvalue weighted by Crippen LogP contribution is -2.13. The summed E-state index contributed by atoms with van der Waals surface area (Å²) in [7, 11) is 1.59. The van der Waals surface area contributed by atoms with Crippen molar-refractivity contribution in [1.29, 1.82) is 0 Å². The third-order valence-corrected chi connectivity index (χ3v) is 3.24. The van der Waals surface area contributed by atoms with E-state index in [0.717, 1.165) is 10.0 Å². The quantitative estimate of drug-likeness (QED) is 0.939. The summed E-state index contributed by atoms with van der Waals surface area (Å²) >= 11 is 3.32. The van der Waals surface area contributed by atoms with Crippen LogP contribution in [0.15, 0.2) is 46.9 Å². The highest BCUT2D eigenvalue weighted by molar-refractivity contribution is 9.10. The molecule has 0 heterocycles. The Morgan fingerprint density at radius 1 is 1.22 bits per heavy atom. The monoisotopic (exact) mass is 309 g/mol. The van der Waals surface area contributed by atoms with Crippen molar-refractivity contribution in [2.75, 3.05) is 7.11 Å². The second-order valence-electron chi connectivity index (χ2n) is 3.92. The second kappa shape index (κ2) is 5.50. The maximum Gasteiger partial charge on any atom is 0.128 e. The molecule has 0 saturated heterocycles. The van der Waals surface area contributed by atoms with E-state index in [0.29, 0.717) is 11.3 Å². The summed E-state index contributed by atoms with van der Waals surface area (Å²) in [5, 5.41) is 0. The molecule has 2 aromatic rings. The number of benzene rings is 2. The van der Waals surface area contributed by atoms with Gasteiger partial charge >= 0.3 is 0 Å². The minimum absolute atomic E-state index is 0.312. The summed E-state index contributed by atoms with van der Waals surface area (Å²) < 4.78 is 19.7. The molecule has 94 valence electrons. The molecule has 0 amide bonds. The predicted molar refractivity (Wildman–Crippen MR) is 73.1 cm³/mol. The van der Waals surface area contributed by atoms with Gasteiger partial charge in [0, 0.05) is 10.0 Å². The van der Waals surface area contributed by atoms with E-state index in [4.69, 9.17) is 10.5 Å². The molecule has 0 fully saturated rings. The topological polar surface area (TPSA) is 35.2 Å². The minimum atomic E-state index is -0.516. The van der Waals surface area contributed by atoms with Crippen LogP contribution >= 0.6 is 15.9 Å². The summed E-state index contributed by atoms with van der Waals surface area (Å²) in [5.41, 5.74) is 7.36. The molecule has 0 aliphatic rings. The van der Waals surface area contributed by atoms with Crippen molar-refractivity contribution in [1.82, 2.24) is 0 Å². The molecule has 0 aliphatic carbocycles. The molecule has 0 radical (unpaired) electrons. The number of halogens is 2. The SMILES string of the molecule is COc1cccc(C(N)c2cc(Br)ccc2F)c1. The van der Waals surface area contributed by atoms with Crippen molar-refractivity contribution in [2.24, 2.45) is 5.73 Å². The molecule has 2 nitrogen and oxygen atoms in total. The Morgan fingerprint density at radius 2 is 2.00 bits per heavy atom. The van der Waals surface area contributed by atoms with Gasteiger partial charge in [-0.05, 0) is 35.9 Å². The lowest BCUT2D eigenvalue weighted by molar-refractivity contribution is 0.414. The van der Waals surface area contributed by atoms with Crippen LogP contribution in [-0.4, -0.2) is 7.11 Å². The van der Waals surface area contributed by atoms with Crippen molar-refractivity contribution >= 4 is 15.9 Å². The lowest BCUT2D eigenvalue weighted by Gasteiger charge is -2.14. The zero-order chi connectivity index (χ0) is 13.1. The third-order valence-electron chi connectivity index (χ3n) is 2.75. The zero-order valence-corrected chi connectivity index (χ0v) is 11.4. The van der Waals surface area contributed by atoms with Gasteiger partial charge in [0.05, 0.1) is 13.2 Å². The Hall–Kier alpha value is -1.39. The average Bonchev–Trinajstić information content (AvgIpc) is 2.41. The maximum absolute atomic E-state index is 13.8. The Labute approximate surface area is 114 Å². The van der Waals surface area contributed by atoms with Gasteiger partial charge in [0.1, 0.15) is 11.6 Å². The van der Waals surface area contributed by atoms with E-state index in [1.807, 2.05) is 24.3 Å². The summed E-state index contributed by atoms with van der Waals surface area (Å²) in [6, 6.07) is 11.6. The summed E-state index contributed by atoms with van der Waals surface area (Å²) in [5.74, 6) is 0.395. The summed E-state index contributed by atoms with van der Waals surface area (Å²) in [6.45, 7) is 0. The molecule has 2 aromatic carbocycles. The van der Waals surface area contributed by atoms with Gasteiger partial charge in [-0.15, -0.1) is 0 Å². The van der Waals surface area contributed by atoms with Crippen molar-refractivity contribution < 1.29 is 9.13 Å². The molecule has 0 spiro atoms. The summed E-state index contributed by atoms with van der Waals surface area (Å²) in [4.78, 5) is 0.